The molecule has 1 nitrogen and oxygen atoms in total. The number of rotatable bonds is 7. The van der Waals surface area contributed by atoms with Crippen molar-refractivity contribution in [3.63, 3.8) is 0 Å². The number of benzene rings is 4. The van der Waals surface area contributed by atoms with Crippen molar-refractivity contribution in [1.82, 2.24) is 0 Å². The highest BCUT2D eigenvalue weighted by Gasteiger charge is 2.15. The number of ether oxygens (including phenoxy) is 1. The smallest absolute Gasteiger partial charge is 0.201 e. The second-order valence-electron chi connectivity index (χ2n) is 8.09. The molecule has 0 aliphatic heterocycles. The van der Waals surface area contributed by atoms with Crippen LogP contribution in [0.4, 0.5) is 8.78 Å². The Morgan fingerprint density at radius 1 is 0.636 bits per heavy atom. The lowest BCUT2D eigenvalue weighted by Gasteiger charge is -2.09. The van der Waals surface area contributed by atoms with E-state index in [2.05, 4.69) is 55.5 Å². The number of allylic oxidation sites excluding steroid dienone is 1. The summed E-state index contributed by atoms with van der Waals surface area (Å²) >= 11 is 0. The average Bonchev–Trinajstić information content (AvgIpc) is 2.85. The molecule has 0 radical (unpaired) electrons. The predicted octanol–water partition coefficient (Wildman–Crippen LogP) is 8.30. The quantitative estimate of drug-likeness (QED) is 0.263. The maximum atomic E-state index is 14.5. The van der Waals surface area contributed by atoms with E-state index in [1.807, 2.05) is 24.3 Å². The third-order valence-corrected chi connectivity index (χ3v) is 5.68. The van der Waals surface area contributed by atoms with Gasteiger partial charge in [-0.25, -0.2) is 4.39 Å². The van der Waals surface area contributed by atoms with E-state index in [9.17, 15) is 8.78 Å². The van der Waals surface area contributed by atoms with Gasteiger partial charge in [0.25, 0.3) is 0 Å². The van der Waals surface area contributed by atoms with Crippen LogP contribution in [-0.4, -0.2) is 0 Å². The Balaban J connectivity index is 1.41. The van der Waals surface area contributed by atoms with Crippen molar-refractivity contribution in [2.45, 2.75) is 26.7 Å². The molecule has 4 rings (SSSR count). The standard InChI is InChI=1S/C30H26F2O/c1-3-20-33-28-19-18-27(29(31)30(28)32)26-16-10-23(11-17-26)7-6-22-8-14-25(15-9-22)24-12-4-21(2)5-13-24/h3-5,8-20H,6-7H2,1-2H3/b20-3+. The third-order valence-electron chi connectivity index (χ3n) is 5.68. The Morgan fingerprint density at radius 2 is 1.15 bits per heavy atom. The van der Waals surface area contributed by atoms with Crippen molar-refractivity contribution in [1.29, 1.82) is 0 Å². The van der Waals surface area contributed by atoms with Gasteiger partial charge in [-0.05, 0) is 66.6 Å². The van der Waals surface area contributed by atoms with Crippen LogP contribution < -0.4 is 4.74 Å². The first-order valence-corrected chi connectivity index (χ1v) is 11.1. The average molecular weight is 441 g/mol. The van der Waals surface area contributed by atoms with Crippen LogP contribution in [-0.2, 0) is 12.8 Å². The van der Waals surface area contributed by atoms with Gasteiger partial charge in [-0.15, -0.1) is 0 Å². The number of hydrogen-bond donors (Lipinski definition) is 0. The topological polar surface area (TPSA) is 9.23 Å². The highest BCUT2D eigenvalue weighted by atomic mass is 19.2. The molecule has 0 amide bonds. The minimum Gasteiger partial charge on any atom is -0.462 e. The van der Waals surface area contributed by atoms with Crippen LogP contribution in [0.5, 0.6) is 5.75 Å². The summed E-state index contributed by atoms with van der Waals surface area (Å²) < 4.78 is 33.9. The van der Waals surface area contributed by atoms with Crippen LogP contribution in [0.2, 0.25) is 0 Å². The maximum Gasteiger partial charge on any atom is 0.201 e. The molecule has 166 valence electrons. The molecule has 0 spiro atoms. The van der Waals surface area contributed by atoms with Gasteiger partial charge in [0.15, 0.2) is 11.6 Å². The van der Waals surface area contributed by atoms with Crippen molar-refractivity contribution in [3.8, 4) is 28.0 Å². The van der Waals surface area contributed by atoms with Crippen LogP contribution in [0, 0.1) is 18.6 Å². The minimum atomic E-state index is -0.983. The van der Waals surface area contributed by atoms with E-state index >= 15 is 0 Å². The van der Waals surface area contributed by atoms with E-state index in [-0.39, 0.29) is 11.3 Å². The summed E-state index contributed by atoms with van der Waals surface area (Å²) in [7, 11) is 0. The predicted molar refractivity (Wildman–Crippen MR) is 131 cm³/mol. The molecule has 4 aromatic carbocycles. The van der Waals surface area contributed by atoms with Crippen molar-refractivity contribution in [2.75, 3.05) is 0 Å². The van der Waals surface area contributed by atoms with E-state index in [0.717, 1.165) is 18.4 Å². The van der Waals surface area contributed by atoms with Crippen LogP contribution in [0.1, 0.15) is 23.6 Å². The molecule has 0 N–H and O–H groups in total. The zero-order chi connectivity index (χ0) is 23.2. The SMILES string of the molecule is C/C=C/Oc1ccc(-c2ccc(CCc3ccc(-c4ccc(C)cc4)cc3)cc2)c(F)c1F. The summed E-state index contributed by atoms with van der Waals surface area (Å²) in [6.07, 6.45) is 4.72. The zero-order valence-electron chi connectivity index (χ0n) is 18.8. The Labute approximate surface area is 194 Å². The molecular formula is C30H26F2O. The van der Waals surface area contributed by atoms with Crippen LogP contribution in [0.15, 0.2) is 97.3 Å². The molecular weight excluding hydrogens is 414 g/mol. The first-order valence-electron chi connectivity index (χ1n) is 11.1. The Hall–Kier alpha value is -3.72. The number of hydrogen-bond acceptors (Lipinski definition) is 1. The van der Waals surface area contributed by atoms with Gasteiger partial charge in [-0.2, -0.15) is 4.39 Å². The van der Waals surface area contributed by atoms with Crippen molar-refractivity contribution >= 4 is 0 Å². The molecule has 0 unspecified atom stereocenters. The lowest BCUT2D eigenvalue weighted by atomic mass is 9.98. The monoisotopic (exact) mass is 440 g/mol. The van der Waals surface area contributed by atoms with Gasteiger partial charge in [0.2, 0.25) is 5.82 Å². The first-order chi connectivity index (χ1) is 16.0. The first kappa shape index (κ1) is 22.5. The van der Waals surface area contributed by atoms with Gasteiger partial charge in [0, 0.05) is 5.56 Å². The molecule has 33 heavy (non-hydrogen) atoms. The highest BCUT2D eigenvalue weighted by molar-refractivity contribution is 5.66. The zero-order valence-corrected chi connectivity index (χ0v) is 18.8. The Kier molecular flexibility index (Phi) is 6.99. The second kappa shape index (κ2) is 10.3. The molecule has 0 heterocycles. The molecule has 0 saturated carbocycles. The fraction of sp³-hybridized carbons (Fsp3) is 0.133. The largest absolute Gasteiger partial charge is 0.462 e. The van der Waals surface area contributed by atoms with Crippen molar-refractivity contribution in [3.05, 3.63) is 126 Å². The van der Waals surface area contributed by atoms with Gasteiger partial charge in [-0.1, -0.05) is 84.4 Å². The molecule has 0 atom stereocenters. The summed E-state index contributed by atoms with van der Waals surface area (Å²) in [6, 6.07) is 27.8. The summed E-state index contributed by atoms with van der Waals surface area (Å²) in [6.45, 7) is 3.83. The van der Waals surface area contributed by atoms with E-state index in [4.69, 9.17) is 4.74 Å². The van der Waals surface area contributed by atoms with Gasteiger partial charge in [0.1, 0.15) is 0 Å². The van der Waals surface area contributed by atoms with E-state index in [0.29, 0.717) is 5.56 Å². The molecule has 4 aromatic rings. The maximum absolute atomic E-state index is 14.5. The number of aryl methyl sites for hydroxylation is 3. The normalized spacial score (nSPS) is 11.2. The summed E-state index contributed by atoms with van der Waals surface area (Å²) in [4.78, 5) is 0. The molecule has 0 aliphatic carbocycles. The second-order valence-corrected chi connectivity index (χ2v) is 8.09. The molecule has 0 fully saturated rings. The van der Waals surface area contributed by atoms with E-state index in [1.54, 1.807) is 19.1 Å². The van der Waals surface area contributed by atoms with Crippen LogP contribution >= 0.6 is 0 Å². The van der Waals surface area contributed by atoms with Crippen LogP contribution in [0.25, 0.3) is 22.3 Å². The lowest BCUT2D eigenvalue weighted by molar-refractivity contribution is 0.415. The fourth-order valence-electron chi connectivity index (χ4n) is 3.74. The minimum absolute atomic E-state index is 0.126. The molecule has 0 aliphatic rings. The Bertz CT molecular complexity index is 1240. The van der Waals surface area contributed by atoms with Crippen LogP contribution in [0.3, 0.4) is 0 Å². The lowest BCUT2D eigenvalue weighted by Crippen LogP contribution is -1.95. The Morgan fingerprint density at radius 3 is 1.70 bits per heavy atom. The van der Waals surface area contributed by atoms with Gasteiger partial charge < -0.3 is 4.74 Å². The molecule has 0 saturated heterocycles. The highest BCUT2D eigenvalue weighted by Crippen LogP contribution is 2.30. The van der Waals surface area contributed by atoms with E-state index < -0.39 is 11.6 Å². The van der Waals surface area contributed by atoms with E-state index in [1.165, 1.54) is 34.6 Å². The number of halogens is 2. The third kappa shape index (κ3) is 5.38. The fourth-order valence-corrected chi connectivity index (χ4v) is 3.74. The van der Waals surface area contributed by atoms with Gasteiger partial charge in [-0.3, -0.25) is 0 Å². The summed E-state index contributed by atoms with van der Waals surface area (Å²) in [5, 5.41) is 0. The van der Waals surface area contributed by atoms with Crippen molar-refractivity contribution in [2.24, 2.45) is 0 Å². The molecule has 0 aromatic heterocycles. The van der Waals surface area contributed by atoms with Gasteiger partial charge >= 0.3 is 0 Å². The molecule has 3 heteroatoms. The summed E-state index contributed by atoms with van der Waals surface area (Å²) in [5.74, 6) is -2.01. The van der Waals surface area contributed by atoms with Crippen molar-refractivity contribution < 1.29 is 13.5 Å². The summed E-state index contributed by atoms with van der Waals surface area (Å²) in [5.41, 5.74) is 6.95. The van der Waals surface area contributed by atoms with Gasteiger partial charge in [0.05, 0.1) is 6.26 Å². The molecule has 0 bridgehead atoms.